The maximum atomic E-state index is 6.28. The summed E-state index contributed by atoms with van der Waals surface area (Å²) in [4.78, 5) is 0. The molecule has 0 aromatic heterocycles. The van der Waals surface area contributed by atoms with Crippen molar-refractivity contribution in [1.82, 2.24) is 0 Å². The Morgan fingerprint density at radius 2 is 1.80 bits per heavy atom. The van der Waals surface area contributed by atoms with Gasteiger partial charge in [-0.05, 0) is 57.7 Å². The number of halogens is 2. The van der Waals surface area contributed by atoms with Crippen LogP contribution in [0.2, 0.25) is 5.02 Å². The SMILES string of the molecule is CCCOc1ccc(C(N)c2ccc(Cl)c(Br)c2)cc1. The van der Waals surface area contributed by atoms with E-state index in [4.69, 9.17) is 22.1 Å². The van der Waals surface area contributed by atoms with Crippen LogP contribution in [0.15, 0.2) is 46.9 Å². The summed E-state index contributed by atoms with van der Waals surface area (Å²) >= 11 is 9.42. The summed E-state index contributed by atoms with van der Waals surface area (Å²) in [7, 11) is 0. The molecule has 2 aromatic carbocycles. The molecule has 0 spiro atoms. The fraction of sp³-hybridized carbons (Fsp3) is 0.250. The molecule has 0 fully saturated rings. The Hall–Kier alpha value is -1.03. The van der Waals surface area contributed by atoms with Gasteiger partial charge in [0.15, 0.2) is 0 Å². The monoisotopic (exact) mass is 353 g/mol. The number of ether oxygens (including phenoxy) is 1. The molecule has 0 radical (unpaired) electrons. The molecule has 0 saturated carbocycles. The molecular weight excluding hydrogens is 338 g/mol. The van der Waals surface area contributed by atoms with Crippen LogP contribution in [0.25, 0.3) is 0 Å². The standard InChI is InChI=1S/C16H17BrClNO/c1-2-9-20-13-6-3-11(4-7-13)16(19)12-5-8-15(18)14(17)10-12/h3-8,10,16H,2,9,19H2,1H3. The Morgan fingerprint density at radius 3 is 2.40 bits per heavy atom. The summed E-state index contributed by atoms with van der Waals surface area (Å²) < 4.78 is 6.42. The van der Waals surface area contributed by atoms with Crippen molar-refractivity contribution < 1.29 is 4.74 Å². The van der Waals surface area contributed by atoms with E-state index < -0.39 is 0 Å². The zero-order valence-electron chi connectivity index (χ0n) is 11.3. The van der Waals surface area contributed by atoms with Gasteiger partial charge in [-0.3, -0.25) is 0 Å². The number of hydrogen-bond donors (Lipinski definition) is 1. The van der Waals surface area contributed by atoms with E-state index in [0.29, 0.717) is 5.02 Å². The molecule has 1 unspecified atom stereocenters. The average Bonchev–Trinajstić information content (AvgIpc) is 2.48. The van der Waals surface area contributed by atoms with Gasteiger partial charge in [-0.15, -0.1) is 0 Å². The fourth-order valence-corrected chi connectivity index (χ4v) is 2.40. The van der Waals surface area contributed by atoms with Crippen molar-refractivity contribution in [3.8, 4) is 5.75 Å². The fourth-order valence-electron chi connectivity index (χ4n) is 1.89. The molecule has 0 aliphatic rings. The lowest BCUT2D eigenvalue weighted by Crippen LogP contribution is -2.11. The summed E-state index contributed by atoms with van der Waals surface area (Å²) in [5, 5.41) is 0.685. The van der Waals surface area contributed by atoms with E-state index >= 15 is 0 Å². The zero-order valence-corrected chi connectivity index (χ0v) is 13.6. The van der Waals surface area contributed by atoms with Gasteiger partial charge in [0.05, 0.1) is 17.7 Å². The minimum Gasteiger partial charge on any atom is -0.494 e. The second-order valence-electron chi connectivity index (χ2n) is 4.57. The first-order chi connectivity index (χ1) is 9.61. The largest absolute Gasteiger partial charge is 0.494 e. The second-order valence-corrected chi connectivity index (χ2v) is 5.83. The molecule has 0 heterocycles. The molecule has 0 bridgehead atoms. The Labute approximate surface area is 133 Å². The van der Waals surface area contributed by atoms with E-state index in [9.17, 15) is 0 Å². The van der Waals surface area contributed by atoms with Crippen LogP contribution in [0.3, 0.4) is 0 Å². The van der Waals surface area contributed by atoms with Gasteiger partial charge in [-0.1, -0.05) is 36.7 Å². The topological polar surface area (TPSA) is 35.2 Å². The lowest BCUT2D eigenvalue weighted by molar-refractivity contribution is 0.317. The Morgan fingerprint density at radius 1 is 1.15 bits per heavy atom. The van der Waals surface area contributed by atoms with Crippen molar-refractivity contribution in [1.29, 1.82) is 0 Å². The molecule has 0 aliphatic carbocycles. The third-order valence-corrected chi connectivity index (χ3v) is 4.23. The van der Waals surface area contributed by atoms with Crippen LogP contribution in [-0.2, 0) is 0 Å². The van der Waals surface area contributed by atoms with Crippen LogP contribution >= 0.6 is 27.5 Å². The van der Waals surface area contributed by atoms with Crippen LogP contribution in [0.4, 0.5) is 0 Å². The zero-order chi connectivity index (χ0) is 14.5. The summed E-state index contributed by atoms with van der Waals surface area (Å²) in [5.41, 5.74) is 8.34. The smallest absolute Gasteiger partial charge is 0.119 e. The van der Waals surface area contributed by atoms with Gasteiger partial charge in [0.1, 0.15) is 5.75 Å². The Balaban J connectivity index is 2.15. The molecule has 2 nitrogen and oxygen atoms in total. The number of rotatable bonds is 5. The molecule has 4 heteroatoms. The van der Waals surface area contributed by atoms with Crippen molar-refractivity contribution in [2.45, 2.75) is 19.4 Å². The highest BCUT2D eigenvalue weighted by molar-refractivity contribution is 9.10. The van der Waals surface area contributed by atoms with Crippen molar-refractivity contribution in [3.05, 3.63) is 63.1 Å². The molecule has 2 aromatic rings. The van der Waals surface area contributed by atoms with Crippen LogP contribution in [0.5, 0.6) is 5.75 Å². The van der Waals surface area contributed by atoms with E-state index in [1.165, 1.54) is 0 Å². The Kier molecular flexibility index (Phi) is 5.46. The van der Waals surface area contributed by atoms with Crippen molar-refractivity contribution in [2.24, 2.45) is 5.73 Å². The van der Waals surface area contributed by atoms with Gasteiger partial charge in [0, 0.05) is 4.47 Å². The quantitative estimate of drug-likeness (QED) is 0.825. The summed E-state index contributed by atoms with van der Waals surface area (Å²) in [6.07, 6.45) is 1.00. The summed E-state index contributed by atoms with van der Waals surface area (Å²) in [6.45, 7) is 2.82. The number of hydrogen-bond acceptors (Lipinski definition) is 2. The minimum absolute atomic E-state index is 0.177. The van der Waals surface area contributed by atoms with Crippen molar-refractivity contribution in [2.75, 3.05) is 6.61 Å². The molecule has 0 amide bonds. The van der Waals surface area contributed by atoms with Gasteiger partial charge in [0.25, 0.3) is 0 Å². The first-order valence-corrected chi connectivity index (χ1v) is 7.72. The third-order valence-electron chi connectivity index (χ3n) is 3.01. The van der Waals surface area contributed by atoms with Gasteiger partial charge >= 0.3 is 0 Å². The highest BCUT2D eigenvalue weighted by Crippen LogP contribution is 2.28. The normalized spacial score (nSPS) is 12.2. The van der Waals surface area contributed by atoms with Crippen molar-refractivity contribution >= 4 is 27.5 Å². The van der Waals surface area contributed by atoms with Gasteiger partial charge in [-0.2, -0.15) is 0 Å². The average molecular weight is 355 g/mol. The van der Waals surface area contributed by atoms with Crippen LogP contribution in [0.1, 0.15) is 30.5 Å². The second kappa shape index (κ2) is 7.11. The lowest BCUT2D eigenvalue weighted by atomic mass is 10.00. The number of nitrogens with two attached hydrogens (primary N) is 1. The van der Waals surface area contributed by atoms with E-state index in [0.717, 1.165) is 34.4 Å². The van der Waals surface area contributed by atoms with Crippen molar-refractivity contribution in [3.63, 3.8) is 0 Å². The molecular formula is C16H17BrClNO. The van der Waals surface area contributed by atoms with E-state index in [1.807, 2.05) is 42.5 Å². The third kappa shape index (κ3) is 3.75. The van der Waals surface area contributed by atoms with Gasteiger partial charge < -0.3 is 10.5 Å². The number of benzene rings is 2. The van der Waals surface area contributed by atoms with Crippen LogP contribution in [0, 0.1) is 0 Å². The van der Waals surface area contributed by atoms with Gasteiger partial charge in [0.2, 0.25) is 0 Å². The maximum absolute atomic E-state index is 6.28. The molecule has 0 aliphatic heterocycles. The van der Waals surface area contributed by atoms with Crippen LogP contribution < -0.4 is 10.5 Å². The summed E-state index contributed by atoms with van der Waals surface area (Å²) in [6, 6.07) is 13.5. The predicted molar refractivity (Wildman–Crippen MR) is 87.4 cm³/mol. The summed E-state index contributed by atoms with van der Waals surface area (Å²) in [5.74, 6) is 0.875. The van der Waals surface area contributed by atoms with E-state index in [2.05, 4.69) is 22.9 Å². The minimum atomic E-state index is -0.177. The molecule has 106 valence electrons. The predicted octanol–water partition coefficient (Wildman–Crippen LogP) is 4.94. The molecule has 1 atom stereocenters. The van der Waals surface area contributed by atoms with E-state index in [-0.39, 0.29) is 6.04 Å². The first kappa shape index (κ1) is 15.4. The highest BCUT2D eigenvalue weighted by Gasteiger charge is 2.10. The van der Waals surface area contributed by atoms with Crippen LogP contribution in [-0.4, -0.2) is 6.61 Å². The maximum Gasteiger partial charge on any atom is 0.119 e. The lowest BCUT2D eigenvalue weighted by Gasteiger charge is -2.14. The first-order valence-electron chi connectivity index (χ1n) is 6.55. The van der Waals surface area contributed by atoms with Gasteiger partial charge in [-0.25, -0.2) is 0 Å². The molecule has 2 N–H and O–H groups in total. The van der Waals surface area contributed by atoms with E-state index in [1.54, 1.807) is 0 Å². The molecule has 20 heavy (non-hydrogen) atoms. The molecule has 2 rings (SSSR count). The molecule has 0 saturated heterocycles. The Bertz CT molecular complexity index is 571. The highest BCUT2D eigenvalue weighted by atomic mass is 79.9.